The maximum atomic E-state index is 6.23. The highest BCUT2D eigenvalue weighted by molar-refractivity contribution is 6.05. The number of rotatable bonds is 7. The largest absolute Gasteiger partial charge is 0.456 e. The fourth-order valence-electron chi connectivity index (χ4n) is 7.17. The van der Waals surface area contributed by atoms with Gasteiger partial charge in [-0.25, -0.2) is 15.0 Å². The van der Waals surface area contributed by atoms with Crippen LogP contribution in [0.2, 0.25) is 0 Å². The Morgan fingerprint density at radius 2 is 0.796 bits per heavy atom. The van der Waals surface area contributed by atoms with Gasteiger partial charge in [0.15, 0.2) is 17.5 Å². The van der Waals surface area contributed by atoms with E-state index in [0.717, 1.165) is 55.7 Å². The van der Waals surface area contributed by atoms with Crippen LogP contribution in [-0.4, -0.2) is 15.0 Å². The summed E-state index contributed by atoms with van der Waals surface area (Å²) in [5.41, 5.74) is 9.85. The molecule has 10 aromatic rings. The molecule has 254 valence electrons. The van der Waals surface area contributed by atoms with Crippen molar-refractivity contribution in [2.75, 3.05) is 4.90 Å². The normalized spacial score (nSPS) is 11.3. The molecule has 0 saturated heterocycles. The maximum Gasteiger partial charge on any atom is 0.164 e. The molecule has 0 radical (unpaired) electrons. The molecule has 0 bridgehead atoms. The van der Waals surface area contributed by atoms with E-state index >= 15 is 0 Å². The number of para-hydroxylation sites is 1. The standard InChI is InChI=1S/C49H32N4O/c1-3-11-33(12-4-1)35-19-25-40(26-20-35)53(42-29-21-34-13-7-8-16-38(34)31-42)41-27-22-37(23-28-41)48-50-47(36-14-5-2-6-15-36)51-49(52-48)39-24-30-44-43-17-9-10-18-45(43)54-46(44)32-39/h1-32H. The van der Waals surface area contributed by atoms with Gasteiger partial charge in [0.25, 0.3) is 0 Å². The fraction of sp³-hybridized carbons (Fsp3) is 0. The van der Waals surface area contributed by atoms with E-state index < -0.39 is 0 Å². The lowest BCUT2D eigenvalue weighted by Crippen LogP contribution is -2.10. The minimum atomic E-state index is 0.585. The number of hydrogen-bond donors (Lipinski definition) is 0. The molecule has 10 rings (SSSR count). The molecule has 0 aliphatic rings. The summed E-state index contributed by atoms with van der Waals surface area (Å²) in [7, 11) is 0. The third-order valence-electron chi connectivity index (χ3n) is 9.91. The van der Waals surface area contributed by atoms with Crippen LogP contribution in [0.5, 0.6) is 0 Å². The van der Waals surface area contributed by atoms with Crippen LogP contribution in [0.4, 0.5) is 17.1 Å². The van der Waals surface area contributed by atoms with Gasteiger partial charge < -0.3 is 9.32 Å². The molecule has 0 aliphatic carbocycles. The van der Waals surface area contributed by atoms with Crippen LogP contribution >= 0.6 is 0 Å². The van der Waals surface area contributed by atoms with Gasteiger partial charge in [0, 0.05) is 44.5 Å². The number of aromatic nitrogens is 3. The first-order chi connectivity index (χ1) is 26.7. The van der Waals surface area contributed by atoms with Crippen molar-refractivity contribution < 1.29 is 4.42 Å². The van der Waals surface area contributed by atoms with Crippen molar-refractivity contribution in [2.24, 2.45) is 0 Å². The van der Waals surface area contributed by atoms with Crippen LogP contribution in [0.25, 0.3) is 78.0 Å². The Balaban J connectivity index is 1.06. The van der Waals surface area contributed by atoms with Crippen molar-refractivity contribution in [1.82, 2.24) is 15.0 Å². The molecule has 0 fully saturated rings. The van der Waals surface area contributed by atoms with Gasteiger partial charge in [-0.15, -0.1) is 0 Å². The van der Waals surface area contributed by atoms with Gasteiger partial charge in [-0.3, -0.25) is 0 Å². The van der Waals surface area contributed by atoms with E-state index in [1.165, 1.54) is 21.9 Å². The molecule has 0 atom stereocenters. The summed E-state index contributed by atoms with van der Waals surface area (Å²) in [4.78, 5) is 17.3. The third kappa shape index (κ3) is 5.84. The summed E-state index contributed by atoms with van der Waals surface area (Å²) in [5.74, 6) is 1.79. The number of benzene rings is 8. The summed E-state index contributed by atoms with van der Waals surface area (Å²) < 4.78 is 6.23. The van der Waals surface area contributed by atoms with Gasteiger partial charge >= 0.3 is 0 Å². The van der Waals surface area contributed by atoms with Gasteiger partial charge in [0.2, 0.25) is 0 Å². The zero-order valence-corrected chi connectivity index (χ0v) is 29.2. The monoisotopic (exact) mass is 692 g/mol. The lowest BCUT2D eigenvalue weighted by atomic mass is 10.0. The summed E-state index contributed by atoms with van der Waals surface area (Å²) in [6.07, 6.45) is 0. The van der Waals surface area contributed by atoms with Crippen molar-refractivity contribution >= 4 is 49.8 Å². The Morgan fingerprint density at radius 3 is 1.50 bits per heavy atom. The van der Waals surface area contributed by atoms with Crippen LogP contribution in [0.3, 0.4) is 0 Å². The molecule has 2 heterocycles. The predicted molar refractivity (Wildman–Crippen MR) is 221 cm³/mol. The summed E-state index contributed by atoms with van der Waals surface area (Å²) in [5, 5.41) is 4.54. The van der Waals surface area contributed by atoms with E-state index in [1.54, 1.807) is 0 Å². The maximum absolute atomic E-state index is 6.23. The van der Waals surface area contributed by atoms with Crippen molar-refractivity contribution in [1.29, 1.82) is 0 Å². The van der Waals surface area contributed by atoms with Crippen LogP contribution in [0.15, 0.2) is 199 Å². The number of hydrogen-bond acceptors (Lipinski definition) is 5. The van der Waals surface area contributed by atoms with E-state index in [1.807, 2.05) is 60.7 Å². The van der Waals surface area contributed by atoms with E-state index in [9.17, 15) is 0 Å². The third-order valence-corrected chi connectivity index (χ3v) is 9.91. The van der Waals surface area contributed by atoms with Crippen LogP contribution in [0, 0.1) is 0 Å². The Morgan fingerprint density at radius 1 is 0.315 bits per heavy atom. The molecule has 0 amide bonds. The zero-order valence-electron chi connectivity index (χ0n) is 29.2. The van der Waals surface area contributed by atoms with Gasteiger partial charge in [-0.05, 0) is 88.6 Å². The molecule has 8 aromatic carbocycles. The Kier molecular flexibility index (Phi) is 7.73. The van der Waals surface area contributed by atoms with Gasteiger partial charge in [-0.2, -0.15) is 0 Å². The molecule has 0 unspecified atom stereocenters. The molecule has 0 N–H and O–H groups in total. The highest BCUT2D eigenvalue weighted by Gasteiger charge is 2.17. The summed E-state index contributed by atoms with van der Waals surface area (Å²) >= 11 is 0. The molecule has 0 spiro atoms. The average Bonchev–Trinajstić information content (AvgIpc) is 3.63. The van der Waals surface area contributed by atoms with Crippen molar-refractivity contribution in [3.63, 3.8) is 0 Å². The van der Waals surface area contributed by atoms with Crippen LogP contribution < -0.4 is 4.90 Å². The average molecular weight is 693 g/mol. The molecular weight excluding hydrogens is 661 g/mol. The van der Waals surface area contributed by atoms with E-state index in [0.29, 0.717) is 17.5 Å². The zero-order chi connectivity index (χ0) is 35.8. The molecule has 0 aliphatic heterocycles. The molecule has 2 aromatic heterocycles. The van der Waals surface area contributed by atoms with Crippen molar-refractivity contribution in [2.45, 2.75) is 0 Å². The van der Waals surface area contributed by atoms with Gasteiger partial charge in [-0.1, -0.05) is 127 Å². The second-order valence-electron chi connectivity index (χ2n) is 13.3. The summed E-state index contributed by atoms with van der Waals surface area (Å²) in [6.45, 7) is 0. The number of anilines is 3. The lowest BCUT2D eigenvalue weighted by Gasteiger charge is -2.26. The van der Waals surface area contributed by atoms with Crippen molar-refractivity contribution in [3.05, 3.63) is 194 Å². The minimum absolute atomic E-state index is 0.585. The predicted octanol–water partition coefficient (Wildman–Crippen LogP) is 13.1. The molecule has 0 saturated carbocycles. The van der Waals surface area contributed by atoms with E-state index in [2.05, 4.69) is 138 Å². The smallest absolute Gasteiger partial charge is 0.164 e. The van der Waals surface area contributed by atoms with Gasteiger partial charge in [0.05, 0.1) is 0 Å². The summed E-state index contributed by atoms with van der Waals surface area (Å²) in [6, 6.07) is 67.1. The second kappa shape index (κ2) is 13.3. The molecular formula is C49H32N4O. The fourth-order valence-corrected chi connectivity index (χ4v) is 7.17. The Labute approximate surface area is 312 Å². The number of nitrogens with zero attached hydrogens (tertiary/aromatic N) is 4. The van der Waals surface area contributed by atoms with E-state index in [4.69, 9.17) is 19.4 Å². The van der Waals surface area contributed by atoms with Gasteiger partial charge in [0.1, 0.15) is 11.2 Å². The minimum Gasteiger partial charge on any atom is -0.456 e. The first-order valence-corrected chi connectivity index (χ1v) is 18.0. The molecule has 5 heteroatoms. The van der Waals surface area contributed by atoms with Crippen molar-refractivity contribution in [3.8, 4) is 45.3 Å². The van der Waals surface area contributed by atoms with Crippen LogP contribution in [0.1, 0.15) is 0 Å². The highest BCUT2D eigenvalue weighted by Crippen LogP contribution is 2.38. The topological polar surface area (TPSA) is 55.1 Å². The lowest BCUT2D eigenvalue weighted by molar-refractivity contribution is 0.669. The second-order valence-corrected chi connectivity index (χ2v) is 13.3. The number of furan rings is 1. The highest BCUT2D eigenvalue weighted by atomic mass is 16.3. The number of fused-ring (bicyclic) bond motifs is 4. The Hall–Kier alpha value is -7.37. The van der Waals surface area contributed by atoms with Crippen LogP contribution in [-0.2, 0) is 0 Å². The SMILES string of the molecule is c1ccc(-c2ccc(N(c3ccc(-c4nc(-c5ccccc5)nc(-c5ccc6c(c5)oc5ccccc56)n4)cc3)c3ccc4ccccc4c3)cc2)cc1. The molecule has 54 heavy (non-hydrogen) atoms. The molecule has 5 nitrogen and oxygen atoms in total. The Bertz CT molecular complexity index is 2920. The first kappa shape index (κ1) is 31.4. The quantitative estimate of drug-likeness (QED) is 0.166. The van der Waals surface area contributed by atoms with E-state index in [-0.39, 0.29) is 0 Å². The first-order valence-electron chi connectivity index (χ1n) is 18.0.